The zero-order valence-electron chi connectivity index (χ0n) is 20.0. The van der Waals surface area contributed by atoms with E-state index in [1.54, 1.807) is 23.6 Å². The molecule has 0 saturated carbocycles. The van der Waals surface area contributed by atoms with Crippen LogP contribution in [0.3, 0.4) is 0 Å². The van der Waals surface area contributed by atoms with Crippen LogP contribution in [0, 0.1) is 6.92 Å². The van der Waals surface area contributed by atoms with Crippen LogP contribution in [-0.4, -0.2) is 70.7 Å². The smallest absolute Gasteiger partial charge is 0.335 e. The van der Waals surface area contributed by atoms with Crippen molar-refractivity contribution in [3.05, 3.63) is 33.4 Å². The average molecular weight is 552 g/mol. The van der Waals surface area contributed by atoms with Crippen molar-refractivity contribution in [1.29, 1.82) is 0 Å². The summed E-state index contributed by atoms with van der Waals surface area (Å²) in [5.74, 6) is -2.26. The molecule has 2 aliphatic rings. The summed E-state index contributed by atoms with van der Waals surface area (Å²) in [4.78, 5) is 50.3. The molecule has 2 atom stereocenters. The Morgan fingerprint density at radius 2 is 2.17 bits per heavy atom. The van der Waals surface area contributed by atoms with E-state index < -0.39 is 29.2 Å². The fourth-order valence-corrected chi connectivity index (χ4v) is 6.74. The maximum absolute atomic E-state index is 13.0. The number of nitrogens with one attached hydrogen (secondary N) is 1. The first kappa shape index (κ1) is 25.9. The van der Waals surface area contributed by atoms with Crippen molar-refractivity contribution in [3.8, 4) is 0 Å². The Morgan fingerprint density at radius 3 is 2.75 bits per heavy atom. The van der Waals surface area contributed by atoms with E-state index in [-0.39, 0.29) is 28.8 Å². The third-order valence-electron chi connectivity index (χ3n) is 5.70. The number of hydrogen-bond donors (Lipinski definition) is 2. The van der Waals surface area contributed by atoms with E-state index in [1.807, 2.05) is 35.9 Å². The van der Waals surface area contributed by atoms with Crippen molar-refractivity contribution >= 4 is 68.2 Å². The van der Waals surface area contributed by atoms with E-state index in [1.165, 1.54) is 16.7 Å². The van der Waals surface area contributed by atoms with Gasteiger partial charge in [0.1, 0.15) is 36.0 Å². The number of nitrogens with zero attached hydrogens (tertiary/aromatic N) is 5. The zero-order valence-corrected chi connectivity index (χ0v) is 22.5. The molecule has 0 unspecified atom stereocenters. The number of rotatable bonds is 9. The Balaban J connectivity index is 1.52. The van der Waals surface area contributed by atoms with Gasteiger partial charge in [0.2, 0.25) is 0 Å². The predicted octanol–water partition coefficient (Wildman–Crippen LogP) is -0.799. The highest BCUT2D eigenvalue weighted by atomic mass is 32.2. The van der Waals surface area contributed by atoms with Gasteiger partial charge in [-0.3, -0.25) is 19.4 Å². The Labute approximate surface area is 219 Å². The maximum atomic E-state index is 13.0. The number of thioether (sulfide) groups is 1. The van der Waals surface area contributed by atoms with Crippen LogP contribution in [0.25, 0.3) is 0 Å². The van der Waals surface area contributed by atoms with Crippen LogP contribution in [-0.2, 0) is 26.3 Å². The molecule has 4 heterocycles. The molecule has 36 heavy (non-hydrogen) atoms. The molecule has 2 amide bonds. The minimum Gasteiger partial charge on any atom is -0.543 e. The zero-order chi connectivity index (χ0) is 26.1. The molecule has 4 rings (SSSR count). The molecule has 0 aliphatic carbocycles. The van der Waals surface area contributed by atoms with E-state index in [0.29, 0.717) is 17.9 Å². The number of anilines is 2. The standard InChI is InChI=1S/C21H25N7O5S3/c1-5-33-25-13(12-9-35-20(22)23-12)16(29)24-14-17(30)28-15(19(31)32)11(8-34-18(14)28)6-26(3)21-27(4)10(2)7-36-21/h7,9,14,18H,5-6,8H2,1-4H3,(H3-,22,23,24,29,31,32)/b25-13+/t14-,18-/m1/s1. The summed E-state index contributed by atoms with van der Waals surface area (Å²) in [6.07, 6.45) is 0. The molecule has 0 aromatic carbocycles. The molecule has 0 bridgehead atoms. The molecular formula is C21H25N7O5S3. The number of nitrogen functional groups attached to an aromatic ring is 1. The lowest BCUT2D eigenvalue weighted by molar-refractivity contribution is -0.660. The third kappa shape index (κ3) is 4.77. The molecule has 2 aliphatic heterocycles. The van der Waals surface area contributed by atoms with Crippen LogP contribution in [0.15, 0.2) is 27.2 Å². The number of aryl methyl sites for hydroxylation is 1. The number of hydrogen-bond acceptors (Lipinski definition) is 12. The second-order valence-electron chi connectivity index (χ2n) is 8.10. The number of carboxylic acid groups (broad SMARTS) is 1. The predicted molar refractivity (Wildman–Crippen MR) is 135 cm³/mol. The normalized spacial score (nSPS) is 19.6. The van der Waals surface area contributed by atoms with Crippen molar-refractivity contribution in [2.45, 2.75) is 25.3 Å². The summed E-state index contributed by atoms with van der Waals surface area (Å²) < 4.78 is 2.01. The molecule has 1 saturated heterocycles. The monoisotopic (exact) mass is 551 g/mol. The molecule has 1 fully saturated rings. The fraction of sp³-hybridized carbons (Fsp3) is 0.429. The third-order valence-corrected chi connectivity index (χ3v) is 8.97. The van der Waals surface area contributed by atoms with Gasteiger partial charge in [0.25, 0.3) is 11.8 Å². The van der Waals surface area contributed by atoms with Gasteiger partial charge in [-0.05, 0) is 13.8 Å². The molecule has 12 nitrogen and oxygen atoms in total. The van der Waals surface area contributed by atoms with Crippen molar-refractivity contribution in [1.82, 2.24) is 15.2 Å². The van der Waals surface area contributed by atoms with Crippen LogP contribution in [0.5, 0.6) is 0 Å². The van der Waals surface area contributed by atoms with Crippen LogP contribution in [0.4, 0.5) is 10.3 Å². The Morgan fingerprint density at radius 1 is 1.42 bits per heavy atom. The number of likely N-dealkylation sites (N-methyl/N-ethyl adjacent to an activating group) is 1. The number of thiazole rings is 2. The Bertz CT molecular complexity index is 1270. The van der Waals surface area contributed by atoms with Crippen LogP contribution in [0.1, 0.15) is 18.3 Å². The summed E-state index contributed by atoms with van der Waals surface area (Å²) in [5, 5.41) is 22.8. The first-order valence-corrected chi connectivity index (χ1v) is 13.7. The lowest BCUT2D eigenvalue weighted by Gasteiger charge is -2.50. The topological polar surface area (TPSA) is 157 Å². The summed E-state index contributed by atoms with van der Waals surface area (Å²) in [6.45, 7) is 4.24. The molecular weight excluding hydrogens is 526 g/mol. The number of carboxylic acids is 1. The lowest BCUT2D eigenvalue weighted by Crippen LogP contribution is -2.71. The average Bonchev–Trinajstić information content (AvgIpc) is 3.42. The lowest BCUT2D eigenvalue weighted by atomic mass is 10.0. The van der Waals surface area contributed by atoms with Gasteiger partial charge < -0.3 is 25.8 Å². The van der Waals surface area contributed by atoms with Crippen molar-refractivity contribution in [2.24, 2.45) is 12.2 Å². The molecule has 0 spiro atoms. The quantitative estimate of drug-likeness (QED) is 0.176. The Kier molecular flexibility index (Phi) is 7.51. The molecule has 192 valence electrons. The van der Waals surface area contributed by atoms with Gasteiger partial charge in [-0.1, -0.05) is 16.5 Å². The van der Waals surface area contributed by atoms with Gasteiger partial charge in [-0.15, -0.1) is 23.1 Å². The van der Waals surface area contributed by atoms with Gasteiger partial charge >= 0.3 is 5.13 Å². The van der Waals surface area contributed by atoms with E-state index in [2.05, 4.69) is 15.5 Å². The highest BCUT2D eigenvalue weighted by Crippen LogP contribution is 2.40. The van der Waals surface area contributed by atoms with Gasteiger partial charge in [-0.25, -0.2) is 9.55 Å². The summed E-state index contributed by atoms with van der Waals surface area (Å²) >= 11 is 4.06. The number of nitrogens with two attached hydrogens (primary N) is 1. The van der Waals surface area contributed by atoms with Crippen LogP contribution >= 0.6 is 34.4 Å². The number of fused-ring (bicyclic) bond motifs is 1. The number of carbonyl (C=O) groups excluding carboxylic acids is 3. The molecule has 15 heteroatoms. The van der Waals surface area contributed by atoms with Gasteiger partial charge in [0.05, 0.1) is 25.8 Å². The minimum absolute atomic E-state index is 0.117. The fourth-order valence-electron chi connectivity index (χ4n) is 3.88. The molecule has 0 radical (unpaired) electrons. The van der Waals surface area contributed by atoms with E-state index in [9.17, 15) is 19.5 Å². The number of β-lactam (4-membered cyclic amide) rings is 1. The van der Waals surface area contributed by atoms with Crippen LogP contribution in [0.2, 0.25) is 0 Å². The molecule has 2 aromatic heterocycles. The number of oxime groups is 1. The number of aromatic nitrogens is 2. The van der Waals surface area contributed by atoms with E-state index >= 15 is 0 Å². The van der Waals surface area contributed by atoms with Gasteiger partial charge in [0.15, 0.2) is 10.8 Å². The van der Waals surface area contributed by atoms with E-state index in [4.69, 9.17) is 10.6 Å². The highest BCUT2D eigenvalue weighted by molar-refractivity contribution is 8.00. The summed E-state index contributed by atoms with van der Waals surface area (Å²) in [5.41, 5.74) is 7.29. The van der Waals surface area contributed by atoms with Crippen molar-refractivity contribution < 1.29 is 28.9 Å². The largest absolute Gasteiger partial charge is 0.543 e. The van der Waals surface area contributed by atoms with Gasteiger partial charge in [0, 0.05) is 22.1 Å². The highest BCUT2D eigenvalue weighted by Gasteiger charge is 2.53. The molecule has 3 N–H and O–H groups in total. The van der Waals surface area contributed by atoms with E-state index in [0.717, 1.165) is 22.2 Å². The first-order valence-electron chi connectivity index (χ1n) is 10.9. The van der Waals surface area contributed by atoms with Crippen molar-refractivity contribution in [3.63, 3.8) is 0 Å². The van der Waals surface area contributed by atoms with Crippen molar-refractivity contribution in [2.75, 3.05) is 36.6 Å². The van der Waals surface area contributed by atoms with Gasteiger partial charge in [-0.2, -0.15) is 0 Å². The minimum atomic E-state index is -1.43. The first-order chi connectivity index (χ1) is 17.1. The Hall–Kier alpha value is -3.17. The van der Waals surface area contributed by atoms with Crippen LogP contribution < -0.4 is 25.6 Å². The SMILES string of the molecule is CCO/N=C(/C(=O)N[C@@H]1C(=O)N2C(C(=O)[O-])=C(CN(C)c3scc(C)[n+]3C)CS[C@H]12)c1csc(N)n1. The number of aliphatic carboxylic acids is 1. The summed E-state index contributed by atoms with van der Waals surface area (Å²) in [7, 11) is 3.81. The second-order valence-corrected chi connectivity index (χ2v) is 10.9. The molecule has 2 aromatic rings. The number of amides is 2. The second kappa shape index (κ2) is 10.4. The number of carbonyl (C=O) groups is 3. The summed E-state index contributed by atoms with van der Waals surface area (Å²) in [6, 6.07) is -0.934. The maximum Gasteiger partial charge on any atom is 0.335 e.